The molecule has 0 saturated heterocycles. The summed E-state index contributed by atoms with van der Waals surface area (Å²) in [6, 6.07) is 4.16. The third kappa shape index (κ3) is 2.58. The van der Waals surface area contributed by atoms with Crippen LogP contribution in [0.1, 0.15) is 38.6 Å². The summed E-state index contributed by atoms with van der Waals surface area (Å²) in [6.45, 7) is 6.66. The molecule has 1 aliphatic rings. The van der Waals surface area contributed by atoms with E-state index in [4.69, 9.17) is 9.47 Å². The highest BCUT2D eigenvalue weighted by molar-refractivity contribution is 5.80. The number of ether oxygens (including phenoxy) is 2. The fourth-order valence-electron chi connectivity index (χ4n) is 2.35. The Morgan fingerprint density at radius 1 is 1.30 bits per heavy atom. The Balaban J connectivity index is 1.91. The number of hydrogen-bond donors (Lipinski definition) is 2. The normalized spacial score (nSPS) is 16.1. The van der Waals surface area contributed by atoms with Gasteiger partial charge in [0.15, 0.2) is 11.5 Å². The summed E-state index contributed by atoms with van der Waals surface area (Å²) in [5.74, 6) is 2.55. The van der Waals surface area contributed by atoms with Crippen LogP contribution in [0.2, 0.25) is 0 Å². The first-order valence-corrected chi connectivity index (χ1v) is 7.30. The fourth-order valence-corrected chi connectivity index (χ4v) is 2.35. The first kappa shape index (κ1) is 13.2. The van der Waals surface area contributed by atoms with Crippen LogP contribution in [0.4, 0.5) is 0 Å². The lowest BCUT2D eigenvalue weighted by Gasteiger charge is -2.09. The number of H-pyrrole nitrogens is 1. The minimum absolute atomic E-state index is 0.212. The van der Waals surface area contributed by atoms with Gasteiger partial charge in [-0.2, -0.15) is 0 Å². The van der Waals surface area contributed by atoms with Gasteiger partial charge < -0.3 is 19.8 Å². The second kappa shape index (κ2) is 5.71. The van der Waals surface area contributed by atoms with E-state index in [2.05, 4.69) is 29.1 Å². The highest BCUT2D eigenvalue weighted by Crippen LogP contribution is 2.33. The zero-order valence-corrected chi connectivity index (χ0v) is 12.0. The largest absolute Gasteiger partial charge is 0.489 e. The number of nitrogens with zero attached hydrogens (tertiary/aromatic N) is 1. The molecule has 2 N–H and O–H groups in total. The van der Waals surface area contributed by atoms with Gasteiger partial charge in [0, 0.05) is 18.6 Å². The topological polar surface area (TPSA) is 59.2 Å². The van der Waals surface area contributed by atoms with Gasteiger partial charge in [0.05, 0.1) is 30.3 Å². The molecule has 20 heavy (non-hydrogen) atoms. The smallest absolute Gasteiger partial charge is 0.163 e. The summed E-state index contributed by atoms with van der Waals surface area (Å²) < 4.78 is 11.4. The predicted octanol–water partition coefficient (Wildman–Crippen LogP) is 2.78. The van der Waals surface area contributed by atoms with Crippen molar-refractivity contribution in [1.82, 2.24) is 15.3 Å². The van der Waals surface area contributed by atoms with Crippen LogP contribution in [-0.2, 0) is 0 Å². The monoisotopic (exact) mass is 275 g/mol. The Bertz CT molecular complexity index is 551. The van der Waals surface area contributed by atoms with Gasteiger partial charge in [-0.05, 0) is 19.9 Å². The fraction of sp³-hybridized carbons (Fsp3) is 0.533. The lowest BCUT2D eigenvalue weighted by Crippen LogP contribution is -2.20. The zero-order valence-electron chi connectivity index (χ0n) is 12.0. The Labute approximate surface area is 118 Å². The Morgan fingerprint density at radius 2 is 2.05 bits per heavy atom. The first-order valence-electron chi connectivity index (χ1n) is 7.30. The molecule has 5 heteroatoms. The third-order valence-corrected chi connectivity index (χ3v) is 3.48. The summed E-state index contributed by atoms with van der Waals surface area (Å²) in [5, 5.41) is 3.43. The summed E-state index contributed by atoms with van der Waals surface area (Å²) in [5.41, 5.74) is 1.92. The maximum absolute atomic E-state index is 5.70. The van der Waals surface area contributed by atoms with E-state index in [1.807, 2.05) is 12.1 Å². The van der Waals surface area contributed by atoms with E-state index in [1.165, 1.54) is 0 Å². The number of nitrogens with one attached hydrogen (secondary N) is 2. The van der Waals surface area contributed by atoms with E-state index in [-0.39, 0.29) is 6.04 Å². The molecular weight excluding hydrogens is 254 g/mol. The lowest BCUT2D eigenvalue weighted by molar-refractivity contribution is 0.297. The molecule has 1 aromatic carbocycles. The zero-order chi connectivity index (χ0) is 13.9. The Hall–Kier alpha value is -1.75. The van der Waals surface area contributed by atoms with Gasteiger partial charge in [-0.25, -0.2) is 4.98 Å². The van der Waals surface area contributed by atoms with Crippen molar-refractivity contribution >= 4 is 11.0 Å². The van der Waals surface area contributed by atoms with Crippen molar-refractivity contribution in [3.63, 3.8) is 0 Å². The molecule has 2 heterocycles. The van der Waals surface area contributed by atoms with E-state index in [1.54, 1.807) is 0 Å². The maximum atomic E-state index is 5.70. The van der Waals surface area contributed by atoms with Crippen LogP contribution < -0.4 is 14.8 Å². The molecule has 1 unspecified atom stereocenters. The first-order chi connectivity index (χ1) is 9.78. The number of benzene rings is 1. The molecule has 108 valence electrons. The van der Waals surface area contributed by atoms with Crippen LogP contribution >= 0.6 is 0 Å². The molecule has 0 amide bonds. The van der Waals surface area contributed by atoms with E-state index in [0.29, 0.717) is 13.2 Å². The summed E-state index contributed by atoms with van der Waals surface area (Å²) in [7, 11) is 0. The molecule has 0 radical (unpaired) electrons. The molecule has 0 bridgehead atoms. The van der Waals surface area contributed by atoms with Crippen LogP contribution in [0, 0.1) is 0 Å². The van der Waals surface area contributed by atoms with Gasteiger partial charge in [0.25, 0.3) is 0 Å². The molecule has 0 spiro atoms. The van der Waals surface area contributed by atoms with Crippen molar-refractivity contribution in [2.45, 2.75) is 32.7 Å². The Kier molecular flexibility index (Phi) is 3.78. The molecule has 0 saturated carbocycles. The number of imidazole rings is 1. The standard InChI is InChI=1S/C15H21N3O2/c1-3-5-16-10(2)15-17-11-8-13-14(9-12(11)18-15)20-7-4-6-19-13/h8-10,16H,3-7H2,1-2H3,(H,17,18). The minimum atomic E-state index is 0.212. The average Bonchev–Trinajstić information content (AvgIpc) is 2.73. The molecule has 0 aliphatic carbocycles. The maximum Gasteiger partial charge on any atom is 0.163 e. The second-order valence-corrected chi connectivity index (χ2v) is 5.16. The van der Waals surface area contributed by atoms with E-state index in [9.17, 15) is 0 Å². The van der Waals surface area contributed by atoms with Gasteiger partial charge in [-0.1, -0.05) is 6.92 Å². The molecule has 2 aromatic rings. The highest BCUT2D eigenvalue weighted by atomic mass is 16.5. The van der Waals surface area contributed by atoms with Crippen LogP contribution in [0.25, 0.3) is 11.0 Å². The van der Waals surface area contributed by atoms with Gasteiger partial charge in [0.1, 0.15) is 5.82 Å². The highest BCUT2D eigenvalue weighted by Gasteiger charge is 2.15. The van der Waals surface area contributed by atoms with Gasteiger partial charge in [0.2, 0.25) is 0 Å². The summed E-state index contributed by atoms with van der Waals surface area (Å²) in [6.07, 6.45) is 2.03. The number of aromatic nitrogens is 2. The molecular formula is C15H21N3O2. The van der Waals surface area contributed by atoms with Crippen molar-refractivity contribution < 1.29 is 9.47 Å². The van der Waals surface area contributed by atoms with Crippen LogP contribution in [-0.4, -0.2) is 29.7 Å². The summed E-state index contributed by atoms with van der Waals surface area (Å²) in [4.78, 5) is 8.02. The van der Waals surface area contributed by atoms with Crippen LogP contribution in [0.5, 0.6) is 11.5 Å². The number of rotatable bonds is 4. The van der Waals surface area contributed by atoms with Crippen molar-refractivity contribution in [1.29, 1.82) is 0 Å². The second-order valence-electron chi connectivity index (χ2n) is 5.16. The van der Waals surface area contributed by atoms with Crippen LogP contribution in [0.3, 0.4) is 0 Å². The van der Waals surface area contributed by atoms with E-state index in [0.717, 1.165) is 47.7 Å². The van der Waals surface area contributed by atoms with Crippen molar-refractivity contribution in [2.75, 3.05) is 19.8 Å². The molecule has 1 atom stereocenters. The molecule has 1 aliphatic heterocycles. The SMILES string of the molecule is CCCNC(C)c1nc2cc3c(cc2[nH]1)OCCCO3. The predicted molar refractivity (Wildman–Crippen MR) is 78.4 cm³/mol. The van der Waals surface area contributed by atoms with Gasteiger partial charge >= 0.3 is 0 Å². The number of hydrogen-bond acceptors (Lipinski definition) is 4. The van der Waals surface area contributed by atoms with Crippen molar-refractivity contribution in [2.24, 2.45) is 0 Å². The van der Waals surface area contributed by atoms with Crippen molar-refractivity contribution in [3.05, 3.63) is 18.0 Å². The van der Waals surface area contributed by atoms with E-state index >= 15 is 0 Å². The van der Waals surface area contributed by atoms with Crippen molar-refractivity contribution in [3.8, 4) is 11.5 Å². The van der Waals surface area contributed by atoms with Crippen LogP contribution in [0.15, 0.2) is 12.1 Å². The molecule has 5 nitrogen and oxygen atoms in total. The van der Waals surface area contributed by atoms with Gasteiger partial charge in [-0.15, -0.1) is 0 Å². The molecule has 3 rings (SSSR count). The minimum Gasteiger partial charge on any atom is -0.489 e. The molecule has 0 fully saturated rings. The molecule has 1 aromatic heterocycles. The quantitative estimate of drug-likeness (QED) is 0.900. The summed E-state index contributed by atoms with van der Waals surface area (Å²) >= 11 is 0. The lowest BCUT2D eigenvalue weighted by atomic mass is 10.3. The average molecular weight is 275 g/mol. The number of fused-ring (bicyclic) bond motifs is 2. The van der Waals surface area contributed by atoms with Gasteiger partial charge in [-0.3, -0.25) is 0 Å². The third-order valence-electron chi connectivity index (χ3n) is 3.48. The van der Waals surface area contributed by atoms with E-state index < -0.39 is 0 Å². The number of aromatic amines is 1. The Morgan fingerprint density at radius 3 is 2.80 bits per heavy atom.